The molecule has 0 spiro atoms. The minimum absolute atomic E-state index is 0.0656. The van der Waals surface area contributed by atoms with Crippen LogP contribution in [-0.4, -0.2) is 63.5 Å². The second kappa shape index (κ2) is 9.54. The minimum Gasteiger partial charge on any atom is -0.357 e. The molecule has 2 N–H and O–H groups in total. The molecule has 8 heteroatoms. The smallest absolute Gasteiger partial charge is 0.191 e. The van der Waals surface area contributed by atoms with Crippen molar-refractivity contribution in [3.05, 3.63) is 21.9 Å². The maximum absolute atomic E-state index is 11.3. The molecule has 1 atom stereocenters. The van der Waals surface area contributed by atoms with Gasteiger partial charge in [-0.3, -0.25) is 9.89 Å². The van der Waals surface area contributed by atoms with E-state index in [1.54, 1.807) is 0 Å². The summed E-state index contributed by atoms with van der Waals surface area (Å²) in [6.45, 7) is 8.58. The quantitative estimate of drug-likeness (QED) is 0.523. The van der Waals surface area contributed by atoms with Gasteiger partial charge >= 0.3 is 0 Å². The van der Waals surface area contributed by atoms with Gasteiger partial charge in [-0.25, -0.2) is 8.42 Å². The maximum Gasteiger partial charge on any atom is 0.191 e. The molecule has 1 aromatic rings. The van der Waals surface area contributed by atoms with Crippen molar-refractivity contribution in [2.45, 2.75) is 39.3 Å². The molecular weight excluding hydrogens is 356 g/mol. The monoisotopic (exact) mass is 386 g/mol. The molecule has 0 saturated carbocycles. The standard InChI is InChI=1S/C17H30N4O2S2/c1-4-18-17(20-14(2)7-12-25(3,22)23)19-8-10-21-9-5-16-15(13-21)6-11-24-16/h6,11,14H,4-5,7-10,12-13H2,1-3H3,(H2,18,19,20). The highest BCUT2D eigenvalue weighted by atomic mass is 32.2. The van der Waals surface area contributed by atoms with Gasteiger partial charge in [-0.15, -0.1) is 11.3 Å². The van der Waals surface area contributed by atoms with E-state index in [0.29, 0.717) is 6.42 Å². The van der Waals surface area contributed by atoms with Gasteiger partial charge in [-0.1, -0.05) is 0 Å². The third-order valence-electron chi connectivity index (χ3n) is 4.22. The predicted molar refractivity (Wildman–Crippen MR) is 106 cm³/mol. The summed E-state index contributed by atoms with van der Waals surface area (Å²) in [7, 11) is -2.92. The van der Waals surface area contributed by atoms with Crippen molar-refractivity contribution < 1.29 is 8.42 Å². The van der Waals surface area contributed by atoms with Crippen molar-refractivity contribution in [3.63, 3.8) is 0 Å². The number of sulfone groups is 1. The average Bonchev–Trinajstić information content (AvgIpc) is 3.00. The number of aliphatic imine (C=N–C) groups is 1. The number of nitrogens with one attached hydrogen (secondary N) is 2. The SMILES string of the molecule is CCNC(=NCCN1CCc2sccc2C1)NC(C)CCS(C)(=O)=O. The topological polar surface area (TPSA) is 73.8 Å². The second-order valence-electron chi connectivity index (χ2n) is 6.62. The maximum atomic E-state index is 11.3. The molecule has 0 aromatic carbocycles. The largest absolute Gasteiger partial charge is 0.357 e. The van der Waals surface area contributed by atoms with Gasteiger partial charge in [0.05, 0.1) is 12.3 Å². The average molecular weight is 387 g/mol. The van der Waals surface area contributed by atoms with Crippen molar-refractivity contribution in [1.29, 1.82) is 0 Å². The van der Waals surface area contributed by atoms with Gasteiger partial charge in [-0.05, 0) is 43.7 Å². The van der Waals surface area contributed by atoms with Crippen LogP contribution >= 0.6 is 11.3 Å². The van der Waals surface area contributed by atoms with Crippen LogP contribution in [0.3, 0.4) is 0 Å². The summed E-state index contributed by atoms with van der Waals surface area (Å²) in [5, 5.41) is 8.71. The molecule has 6 nitrogen and oxygen atoms in total. The molecule has 25 heavy (non-hydrogen) atoms. The second-order valence-corrected chi connectivity index (χ2v) is 9.88. The number of thiophene rings is 1. The lowest BCUT2D eigenvalue weighted by atomic mass is 10.1. The highest BCUT2D eigenvalue weighted by molar-refractivity contribution is 7.90. The molecule has 2 rings (SSSR count). The third-order valence-corrected chi connectivity index (χ3v) is 6.22. The van der Waals surface area contributed by atoms with Crippen LogP contribution in [0.4, 0.5) is 0 Å². The molecule has 0 bridgehead atoms. The van der Waals surface area contributed by atoms with E-state index in [1.807, 2.05) is 25.2 Å². The van der Waals surface area contributed by atoms with Gasteiger partial charge in [0.1, 0.15) is 9.84 Å². The summed E-state index contributed by atoms with van der Waals surface area (Å²) in [6, 6.07) is 2.29. The molecular formula is C17H30N4O2S2. The summed E-state index contributed by atoms with van der Waals surface area (Å²) in [6.07, 6.45) is 2.99. The lowest BCUT2D eigenvalue weighted by Gasteiger charge is -2.26. The first-order valence-electron chi connectivity index (χ1n) is 8.87. The van der Waals surface area contributed by atoms with E-state index in [4.69, 9.17) is 0 Å². The Kier molecular flexibility index (Phi) is 7.71. The summed E-state index contributed by atoms with van der Waals surface area (Å²) in [4.78, 5) is 8.60. The van der Waals surface area contributed by atoms with Crippen LogP contribution in [0, 0.1) is 0 Å². The number of hydrogen-bond donors (Lipinski definition) is 2. The Labute approximate surface area is 155 Å². The van der Waals surface area contributed by atoms with Gasteiger partial charge in [0.15, 0.2) is 5.96 Å². The molecule has 0 saturated heterocycles. The van der Waals surface area contributed by atoms with Crippen molar-refractivity contribution >= 4 is 27.1 Å². The van der Waals surface area contributed by atoms with Crippen LogP contribution in [0.25, 0.3) is 0 Å². The number of fused-ring (bicyclic) bond motifs is 1. The Morgan fingerprint density at radius 2 is 2.28 bits per heavy atom. The van der Waals surface area contributed by atoms with Crippen LogP contribution in [0.5, 0.6) is 0 Å². The minimum atomic E-state index is -2.92. The van der Waals surface area contributed by atoms with Crippen LogP contribution in [0.2, 0.25) is 0 Å². The zero-order chi connectivity index (χ0) is 18.3. The first-order valence-corrected chi connectivity index (χ1v) is 11.8. The highest BCUT2D eigenvalue weighted by Crippen LogP contribution is 2.23. The van der Waals surface area contributed by atoms with E-state index >= 15 is 0 Å². The summed E-state index contributed by atoms with van der Waals surface area (Å²) in [5.74, 6) is 0.953. The van der Waals surface area contributed by atoms with E-state index in [-0.39, 0.29) is 11.8 Å². The van der Waals surface area contributed by atoms with Gasteiger partial charge in [0.25, 0.3) is 0 Å². The fourth-order valence-electron chi connectivity index (χ4n) is 2.82. The molecule has 0 radical (unpaired) electrons. The first-order chi connectivity index (χ1) is 11.9. The Morgan fingerprint density at radius 3 is 3.00 bits per heavy atom. The van der Waals surface area contributed by atoms with E-state index in [1.165, 1.54) is 16.7 Å². The zero-order valence-corrected chi connectivity index (χ0v) is 17.0. The van der Waals surface area contributed by atoms with Gasteiger partial charge < -0.3 is 10.6 Å². The molecule has 1 aliphatic heterocycles. The molecule has 2 heterocycles. The number of guanidine groups is 1. The molecule has 142 valence electrons. The molecule has 0 aliphatic carbocycles. The summed E-state index contributed by atoms with van der Waals surface area (Å²) < 4.78 is 22.6. The molecule has 1 aromatic heterocycles. The number of rotatable bonds is 8. The van der Waals surface area contributed by atoms with Crippen LogP contribution in [-0.2, 0) is 22.8 Å². The van der Waals surface area contributed by atoms with Gasteiger partial charge in [-0.2, -0.15) is 0 Å². The van der Waals surface area contributed by atoms with E-state index in [0.717, 1.165) is 45.1 Å². The Balaban J connectivity index is 1.79. The van der Waals surface area contributed by atoms with Crippen LogP contribution in [0.15, 0.2) is 16.4 Å². The number of nitrogens with zero attached hydrogens (tertiary/aromatic N) is 2. The van der Waals surface area contributed by atoms with Crippen LogP contribution < -0.4 is 10.6 Å². The summed E-state index contributed by atoms with van der Waals surface area (Å²) >= 11 is 1.86. The predicted octanol–water partition coefficient (Wildman–Crippen LogP) is 1.48. The summed E-state index contributed by atoms with van der Waals surface area (Å²) in [5.41, 5.74) is 1.46. The number of hydrogen-bond acceptors (Lipinski definition) is 5. The fraction of sp³-hybridized carbons (Fsp3) is 0.706. The van der Waals surface area contributed by atoms with Crippen molar-refractivity contribution in [3.8, 4) is 0 Å². The van der Waals surface area contributed by atoms with Gasteiger partial charge in [0, 0.05) is 43.4 Å². The lowest BCUT2D eigenvalue weighted by Crippen LogP contribution is -2.43. The van der Waals surface area contributed by atoms with Crippen molar-refractivity contribution in [2.24, 2.45) is 4.99 Å². The molecule has 0 fully saturated rings. The van der Waals surface area contributed by atoms with E-state index < -0.39 is 9.84 Å². The molecule has 0 amide bonds. The van der Waals surface area contributed by atoms with E-state index in [9.17, 15) is 8.42 Å². The van der Waals surface area contributed by atoms with Crippen LogP contribution in [0.1, 0.15) is 30.7 Å². The zero-order valence-electron chi connectivity index (χ0n) is 15.4. The van der Waals surface area contributed by atoms with E-state index in [2.05, 4.69) is 32.0 Å². The first kappa shape index (κ1) is 20.2. The van der Waals surface area contributed by atoms with Crippen molar-refractivity contribution in [1.82, 2.24) is 15.5 Å². The Hall–Kier alpha value is -1.12. The molecule has 1 aliphatic rings. The Morgan fingerprint density at radius 1 is 1.48 bits per heavy atom. The Bertz CT molecular complexity index is 670. The molecule has 1 unspecified atom stereocenters. The lowest BCUT2D eigenvalue weighted by molar-refractivity contribution is 0.263. The van der Waals surface area contributed by atoms with Crippen molar-refractivity contribution in [2.75, 3.05) is 38.2 Å². The highest BCUT2D eigenvalue weighted by Gasteiger charge is 2.16. The fourth-order valence-corrected chi connectivity index (χ4v) is 4.49. The normalized spacial score (nSPS) is 17.2. The van der Waals surface area contributed by atoms with Gasteiger partial charge in [0.2, 0.25) is 0 Å². The third kappa shape index (κ3) is 7.33.